The first-order chi connectivity index (χ1) is 15.3. The fourth-order valence-electron chi connectivity index (χ4n) is 3.76. The van der Waals surface area contributed by atoms with E-state index >= 15 is 0 Å². The van der Waals surface area contributed by atoms with Crippen LogP contribution in [-0.4, -0.2) is 28.6 Å². The molecule has 0 unspecified atom stereocenters. The van der Waals surface area contributed by atoms with Gasteiger partial charge in [-0.05, 0) is 42.5 Å². The summed E-state index contributed by atoms with van der Waals surface area (Å²) >= 11 is 0. The van der Waals surface area contributed by atoms with Crippen molar-refractivity contribution in [2.24, 2.45) is 5.41 Å². The molecular weight excluding hydrogens is 398 g/mol. The highest BCUT2D eigenvalue weighted by atomic mass is 16.5. The van der Waals surface area contributed by atoms with E-state index in [0.717, 1.165) is 48.4 Å². The van der Waals surface area contributed by atoms with Crippen LogP contribution in [0.25, 0.3) is 11.0 Å². The Bertz CT molecular complexity index is 1030. The molecule has 5 nitrogen and oxygen atoms in total. The summed E-state index contributed by atoms with van der Waals surface area (Å²) in [5.74, 6) is 2.53. The predicted octanol–water partition coefficient (Wildman–Crippen LogP) is 5.72. The third kappa shape index (κ3) is 6.12. The number of aryl methyl sites for hydroxylation is 1. The topological polar surface area (TPSA) is 56.1 Å². The van der Waals surface area contributed by atoms with Crippen LogP contribution >= 0.6 is 0 Å². The van der Waals surface area contributed by atoms with Gasteiger partial charge in [-0.1, -0.05) is 65.0 Å². The molecule has 0 fully saturated rings. The average molecular weight is 436 g/mol. The minimum absolute atomic E-state index is 0.0685. The monoisotopic (exact) mass is 435 g/mol. The van der Waals surface area contributed by atoms with Crippen LogP contribution in [0.5, 0.6) is 5.75 Å². The van der Waals surface area contributed by atoms with Gasteiger partial charge in [0, 0.05) is 24.9 Å². The van der Waals surface area contributed by atoms with Crippen molar-refractivity contribution in [2.75, 3.05) is 13.2 Å². The number of fused-ring (bicyclic) bond motifs is 1. The molecule has 0 aliphatic carbocycles. The van der Waals surface area contributed by atoms with Gasteiger partial charge < -0.3 is 14.6 Å². The van der Waals surface area contributed by atoms with E-state index in [2.05, 4.69) is 60.1 Å². The lowest BCUT2D eigenvalue weighted by Gasteiger charge is -2.17. The highest BCUT2D eigenvalue weighted by Crippen LogP contribution is 2.26. The van der Waals surface area contributed by atoms with E-state index in [1.165, 1.54) is 5.56 Å². The van der Waals surface area contributed by atoms with Crippen molar-refractivity contribution < 1.29 is 9.53 Å². The van der Waals surface area contributed by atoms with E-state index in [9.17, 15) is 4.79 Å². The Balaban J connectivity index is 1.58. The molecule has 0 aliphatic heterocycles. The Labute approximate surface area is 192 Å². The third-order valence-corrected chi connectivity index (χ3v) is 5.62. The van der Waals surface area contributed by atoms with Crippen molar-refractivity contribution in [2.45, 2.75) is 66.3 Å². The maximum atomic E-state index is 12.2. The molecule has 3 rings (SSSR count). The number of imidazole rings is 1. The lowest BCUT2D eigenvalue weighted by molar-refractivity contribution is -0.128. The molecule has 0 saturated heterocycles. The van der Waals surface area contributed by atoms with Crippen LogP contribution < -0.4 is 10.1 Å². The molecule has 5 heteroatoms. The molecule has 1 amide bonds. The smallest absolute Gasteiger partial charge is 0.225 e. The number of nitrogens with one attached hydrogen (secondary N) is 1. The van der Waals surface area contributed by atoms with Gasteiger partial charge in [0.15, 0.2) is 0 Å². The van der Waals surface area contributed by atoms with Crippen LogP contribution in [0, 0.1) is 5.41 Å². The Morgan fingerprint density at radius 3 is 2.53 bits per heavy atom. The summed E-state index contributed by atoms with van der Waals surface area (Å²) in [5.41, 5.74) is 3.03. The summed E-state index contributed by atoms with van der Waals surface area (Å²) in [7, 11) is 0. The van der Waals surface area contributed by atoms with E-state index in [0.29, 0.717) is 19.1 Å². The standard InChI is InChI=1S/C27H37N3O2/c1-20(2)21-12-6-9-15-24(21)32-19-11-10-18-30-23-14-8-7-13-22(23)29-25(30)16-17-28-26(31)27(3,4)5/h6-9,12-15,20H,10-11,16-19H2,1-5H3,(H,28,31). The van der Waals surface area contributed by atoms with Crippen LogP contribution in [0.4, 0.5) is 0 Å². The second-order valence-corrected chi connectivity index (χ2v) is 9.67. The number of carbonyl (C=O) groups excluding carboxylic acids is 1. The Hall–Kier alpha value is -2.82. The molecule has 1 aromatic heterocycles. The number of rotatable bonds is 10. The maximum absolute atomic E-state index is 12.2. The van der Waals surface area contributed by atoms with Gasteiger partial charge in [-0.2, -0.15) is 0 Å². The van der Waals surface area contributed by atoms with Crippen LogP contribution in [0.2, 0.25) is 0 Å². The molecule has 0 spiro atoms. The zero-order valence-corrected chi connectivity index (χ0v) is 20.1. The van der Waals surface area contributed by atoms with Crippen LogP contribution in [-0.2, 0) is 17.8 Å². The van der Waals surface area contributed by atoms with Crippen LogP contribution in [0.1, 0.15) is 64.8 Å². The number of unbranched alkanes of at least 4 members (excludes halogenated alkanes) is 1. The predicted molar refractivity (Wildman–Crippen MR) is 131 cm³/mol. The molecule has 0 atom stereocenters. The molecule has 1 heterocycles. The highest BCUT2D eigenvalue weighted by Gasteiger charge is 2.20. The molecule has 3 aromatic rings. The van der Waals surface area contributed by atoms with E-state index in [-0.39, 0.29) is 11.3 Å². The zero-order chi connectivity index (χ0) is 23.1. The number of para-hydroxylation sites is 3. The number of nitrogens with zero attached hydrogens (tertiary/aromatic N) is 2. The Morgan fingerprint density at radius 1 is 1.06 bits per heavy atom. The normalized spacial score (nSPS) is 11.8. The van der Waals surface area contributed by atoms with E-state index in [4.69, 9.17) is 9.72 Å². The highest BCUT2D eigenvalue weighted by molar-refractivity contribution is 5.81. The van der Waals surface area contributed by atoms with Crippen molar-refractivity contribution in [1.82, 2.24) is 14.9 Å². The second-order valence-electron chi connectivity index (χ2n) is 9.67. The van der Waals surface area contributed by atoms with Crippen molar-refractivity contribution >= 4 is 16.9 Å². The fourth-order valence-corrected chi connectivity index (χ4v) is 3.76. The SMILES string of the molecule is CC(C)c1ccccc1OCCCCn1c(CCNC(=O)C(C)(C)C)nc2ccccc21. The molecule has 2 aromatic carbocycles. The fraction of sp³-hybridized carbons (Fsp3) is 0.481. The van der Waals surface area contributed by atoms with Gasteiger partial charge in [0.05, 0.1) is 17.6 Å². The molecule has 1 N–H and O–H groups in total. The lowest BCUT2D eigenvalue weighted by atomic mass is 9.96. The average Bonchev–Trinajstić information content (AvgIpc) is 3.10. The van der Waals surface area contributed by atoms with Crippen LogP contribution in [0.15, 0.2) is 48.5 Å². The van der Waals surface area contributed by atoms with Gasteiger partial charge in [0.2, 0.25) is 5.91 Å². The molecule has 172 valence electrons. The summed E-state index contributed by atoms with van der Waals surface area (Å²) in [6.45, 7) is 12.4. The second kappa shape index (κ2) is 10.7. The lowest BCUT2D eigenvalue weighted by Crippen LogP contribution is -2.36. The van der Waals surface area contributed by atoms with Crippen LogP contribution in [0.3, 0.4) is 0 Å². The Kier molecular flexibility index (Phi) is 7.94. The summed E-state index contributed by atoms with van der Waals surface area (Å²) in [4.78, 5) is 17.0. The third-order valence-electron chi connectivity index (χ3n) is 5.62. The van der Waals surface area contributed by atoms with Gasteiger partial charge in [-0.3, -0.25) is 4.79 Å². The number of benzene rings is 2. The van der Waals surface area contributed by atoms with Crippen molar-refractivity contribution in [3.8, 4) is 5.75 Å². The summed E-state index contributed by atoms with van der Waals surface area (Å²) < 4.78 is 8.38. The molecule has 32 heavy (non-hydrogen) atoms. The number of aromatic nitrogens is 2. The largest absolute Gasteiger partial charge is 0.493 e. The molecule has 0 radical (unpaired) electrons. The summed E-state index contributed by atoms with van der Waals surface area (Å²) in [6.07, 6.45) is 2.69. The van der Waals surface area contributed by atoms with Gasteiger partial charge in [-0.25, -0.2) is 4.98 Å². The van der Waals surface area contributed by atoms with Gasteiger partial charge in [-0.15, -0.1) is 0 Å². The quantitative estimate of drug-likeness (QED) is 0.414. The minimum atomic E-state index is -0.381. The van der Waals surface area contributed by atoms with Gasteiger partial charge in [0.25, 0.3) is 0 Å². The summed E-state index contributed by atoms with van der Waals surface area (Å²) in [5, 5.41) is 3.04. The summed E-state index contributed by atoms with van der Waals surface area (Å²) in [6, 6.07) is 16.5. The van der Waals surface area contributed by atoms with Crippen molar-refractivity contribution in [3.05, 3.63) is 59.9 Å². The molecule has 0 aliphatic rings. The van der Waals surface area contributed by atoms with E-state index in [1.807, 2.05) is 32.9 Å². The number of hydrogen-bond acceptors (Lipinski definition) is 3. The van der Waals surface area contributed by atoms with Crippen molar-refractivity contribution in [1.29, 1.82) is 0 Å². The first-order valence-corrected chi connectivity index (χ1v) is 11.7. The Morgan fingerprint density at radius 2 is 1.78 bits per heavy atom. The van der Waals surface area contributed by atoms with Crippen molar-refractivity contribution in [3.63, 3.8) is 0 Å². The maximum Gasteiger partial charge on any atom is 0.225 e. The first-order valence-electron chi connectivity index (χ1n) is 11.7. The molecule has 0 bridgehead atoms. The zero-order valence-electron chi connectivity index (χ0n) is 20.1. The number of amides is 1. The number of hydrogen-bond donors (Lipinski definition) is 1. The first kappa shape index (κ1) is 23.8. The van der Waals surface area contributed by atoms with Gasteiger partial charge >= 0.3 is 0 Å². The molecular formula is C27H37N3O2. The molecule has 0 saturated carbocycles. The minimum Gasteiger partial charge on any atom is -0.493 e. The van der Waals surface area contributed by atoms with Gasteiger partial charge in [0.1, 0.15) is 11.6 Å². The van der Waals surface area contributed by atoms with E-state index < -0.39 is 0 Å². The van der Waals surface area contributed by atoms with E-state index in [1.54, 1.807) is 0 Å². The number of carbonyl (C=O) groups is 1. The number of ether oxygens (including phenoxy) is 1.